The summed E-state index contributed by atoms with van der Waals surface area (Å²) in [7, 11) is 0. The standard InChI is InChI=1S/C14H14N2O4/c15-7-9-2-1-3-10(6-9)8-16-13(17)11-4-5-12(20-11)14(18)19/h1-3,6,11-12H,4-5,8H2,(H,16,17)(H,18,19). The molecular weight excluding hydrogens is 260 g/mol. The number of carboxylic acid groups (broad SMARTS) is 1. The van der Waals surface area contributed by atoms with Gasteiger partial charge in [-0.05, 0) is 30.5 Å². The lowest BCUT2D eigenvalue weighted by Crippen LogP contribution is -2.35. The second-order valence-electron chi connectivity index (χ2n) is 4.56. The van der Waals surface area contributed by atoms with E-state index in [-0.39, 0.29) is 12.5 Å². The topological polar surface area (TPSA) is 99.4 Å². The predicted octanol–water partition coefficient (Wildman–Crippen LogP) is 0.807. The maximum absolute atomic E-state index is 11.8. The van der Waals surface area contributed by atoms with Crippen LogP contribution in [-0.4, -0.2) is 29.2 Å². The Hall–Kier alpha value is -2.39. The Balaban J connectivity index is 1.87. The van der Waals surface area contributed by atoms with E-state index in [1.165, 1.54) is 0 Å². The number of hydrogen-bond acceptors (Lipinski definition) is 4. The van der Waals surface area contributed by atoms with Gasteiger partial charge in [-0.25, -0.2) is 4.79 Å². The number of carbonyl (C=O) groups is 2. The van der Waals surface area contributed by atoms with Crippen LogP contribution in [0.2, 0.25) is 0 Å². The predicted molar refractivity (Wildman–Crippen MR) is 68.5 cm³/mol. The molecule has 0 bridgehead atoms. The van der Waals surface area contributed by atoms with Crippen LogP contribution in [0.15, 0.2) is 24.3 Å². The molecule has 6 nitrogen and oxygen atoms in total. The molecule has 1 aromatic rings. The third-order valence-corrected chi connectivity index (χ3v) is 3.11. The number of hydrogen-bond donors (Lipinski definition) is 2. The van der Waals surface area contributed by atoms with Crippen molar-refractivity contribution in [3.63, 3.8) is 0 Å². The lowest BCUT2D eigenvalue weighted by atomic mass is 10.1. The van der Waals surface area contributed by atoms with E-state index in [1.54, 1.807) is 24.3 Å². The second-order valence-corrected chi connectivity index (χ2v) is 4.56. The third kappa shape index (κ3) is 3.33. The third-order valence-electron chi connectivity index (χ3n) is 3.11. The monoisotopic (exact) mass is 274 g/mol. The van der Waals surface area contributed by atoms with E-state index in [4.69, 9.17) is 15.1 Å². The van der Waals surface area contributed by atoms with E-state index in [0.717, 1.165) is 5.56 Å². The van der Waals surface area contributed by atoms with Gasteiger partial charge in [0, 0.05) is 6.54 Å². The molecule has 1 aliphatic heterocycles. The van der Waals surface area contributed by atoms with Crippen molar-refractivity contribution in [2.24, 2.45) is 0 Å². The molecule has 0 saturated carbocycles. The first kappa shape index (κ1) is 14.0. The molecule has 1 aliphatic rings. The van der Waals surface area contributed by atoms with E-state index >= 15 is 0 Å². The van der Waals surface area contributed by atoms with Gasteiger partial charge >= 0.3 is 5.97 Å². The Bertz CT molecular complexity index is 565. The lowest BCUT2D eigenvalue weighted by molar-refractivity contribution is -0.151. The SMILES string of the molecule is N#Cc1cccc(CNC(=O)C2CCC(C(=O)O)O2)c1. The molecule has 2 atom stereocenters. The molecule has 0 radical (unpaired) electrons. The van der Waals surface area contributed by atoms with Crippen molar-refractivity contribution >= 4 is 11.9 Å². The Kier molecular flexibility index (Phi) is 4.33. The van der Waals surface area contributed by atoms with Gasteiger partial charge < -0.3 is 15.2 Å². The molecule has 0 aliphatic carbocycles. The lowest BCUT2D eigenvalue weighted by Gasteiger charge is -2.11. The van der Waals surface area contributed by atoms with Crippen molar-refractivity contribution in [2.75, 3.05) is 0 Å². The fourth-order valence-corrected chi connectivity index (χ4v) is 2.07. The summed E-state index contributed by atoms with van der Waals surface area (Å²) in [6, 6.07) is 8.94. The molecule has 0 aromatic heterocycles. The number of rotatable bonds is 4. The number of nitrogens with one attached hydrogen (secondary N) is 1. The number of carbonyl (C=O) groups excluding carboxylic acids is 1. The van der Waals surface area contributed by atoms with E-state index < -0.39 is 18.2 Å². The summed E-state index contributed by atoms with van der Waals surface area (Å²) < 4.78 is 5.15. The van der Waals surface area contributed by atoms with Gasteiger partial charge in [-0.2, -0.15) is 5.26 Å². The number of nitriles is 1. The summed E-state index contributed by atoms with van der Waals surface area (Å²) in [5.74, 6) is -1.36. The normalized spacial score (nSPS) is 21.1. The van der Waals surface area contributed by atoms with Crippen molar-refractivity contribution < 1.29 is 19.4 Å². The van der Waals surface area contributed by atoms with Gasteiger partial charge in [0.05, 0.1) is 11.6 Å². The molecule has 1 heterocycles. The summed E-state index contributed by atoms with van der Waals surface area (Å²) in [6.07, 6.45) is -0.860. The van der Waals surface area contributed by atoms with Crippen LogP contribution in [0, 0.1) is 11.3 Å². The Morgan fingerprint density at radius 3 is 2.80 bits per heavy atom. The molecule has 2 unspecified atom stereocenters. The van der Waals surface area contributed by atoms with E-state index in [2.05, 4.69) is 5.32 Å². The smallest absolute Gasteiger partial charge is 0.332 e. The molecule has 2 N–H and O–H groups in total. The quantitative estimate of drug-likeness (QED) is 0.846. The highest BCUT2D eigenvalue weighted by Crippen LogP contribution is 2.20. The number of ether oxygens (including phenoxy) is 1. The molecule has 20 heavy (non-hydrogen) atoms. The number of aliphatic carboxylic acids is 1. The summed E-state index contributed by atoms with van der Waals surface area (Å²) in [6.45, 7) is 0.284. The van der Waals surface area contributed by atoms with Gasteiger partial charge in [-0.15, -0.1) is 0 Å². The molecule has 1 saturated heterocycles. The fraction of sp³-hybridized carbons (Fsp3) is 0.357. The minimum atomic E-state index is -1.04. The van der Waals surface area contributed by atoms with Gasteiger partial charge in [0.2, 0.25) is 5.91 Å². The van der Waals surface area contributed by atoms with Crippen LogP contribution >= 0.6 is 0 Å². The minimum Gasteiger partial charge on any atom is -0.479 e. The van der Waals surface area contributed by atoms with Crippen molar-refractivity contribution in [1.29, 1.82) is 5.26 Å². The molecule has 104 valence electrons. The highest BCUT2D eigenvalue weighted by molar-refractivity contribution is 5.82. The first-order valence-electron chi connectivity index (χ1n) is 6.25. The molecule has 1 amide bonds. The van der Waals surface area contributed by atoms with Gasteiger partial charge in [0.1, 0.15) is 6.10 Å². The fourth-order valence-electron chi connectivity index (χ4n) is 2.07. The zero-order valence-corrected chi connectivity index (χ0v) is 10.7. The zero-order chi connectivity index (χ0) is 14.5. The number of carboxylic acids is 1. The average molecular weight is 274 g/mol. The van der Waals surface area contributed by atoms with E-state index in [0.29, 0.717) is 18.4 Å². The second kappa shape index (κ2) is 6.17. The van der Waals surface area contributed by atoms with Gasteiger partial charge in [0.15, 0.2) is 6.10 Å². The number of benzene rings is 1. The van der Waals surface area contributed by atoms with Crippen LogP contribution in [0.1, 0.15) is 24.0 Å². The van der Waals surface area contributed by atoms with Gasteiger partial charge in [0.25, 0.3) is 0 Å². The molecule has 6 heteroatoms. The highest BCUT2D eigenvalue weighted by atomic mass is 16.5. The molecule has 2 rings (SSSR count). The molecule has 1 aromatic carbocycles. The van der Waals surface area contributed by atoms with Crippen LogP contribution in [0.4, 0.5) is 0 Å². The Morgan fingerprint density at radius 1 is 1.40 bits per heavy atom. The van der Waals surface area contributed by atoms with E-state index in [9.17, 15) is 9.59 Å². The molecule has 0 spiro atoms. The van der Waals surface area contributed by atoms with Crippen molar-refractivity contribution in [3.05, 3.63) is 35.4 Å². The first-order chi connectivity index (χ1) is 9.60. The molecule has 1 fully saturated rings. The van der Waals surface area contributed by atoms with Crippen molar-refractivity contribution in [1.82, 2.24) is 5.32 Å². The van der Waals surface area contributed by atoms with Crippen LogP contribution in [0.3, 0.4) is 0 Å². The highest BCUT2D eigenvalue weighted by Gasteiger charge is 2.34. The van der Waals surface area contributed by atoms with Crippen LogP contribution < -0.4 is 5.32 Å². The average Bonchev–Trinajstić information content (AvgIpc) is 2.95. The summed E-state index contributed by atoms with van der Waals surface area (Å²) in [4.78, 5) is 22.6. The van der Waals surface area contributed by atoms with E-state index in [1.807, 2.05) is 6.07 Å². The van der Waals surface area contributed by atoms with Crippen molar-refractivity contribution in [2.45, 2.75) is 31.6 Å². The Morgan fingerprint density at radius 2 is 2.15 bits per heavy atom. The summed E-state index contributed by atoms with van der Waals surface area (Å²) in [5.41, 5.74) is 1.34. The number of amides is 1. The van der Waals surface area contributed by atoms with Crippen LogP contribution in [0.25, 0.3) is 0 Å². The maximum atomic E-state index is 11.8. The van der Waals surface area contributed by atoms with Crippen LogP contribution in [-0.2, 0) is 20.9 Å². The Labute approximate surface area is 116 Å². The molecular formula is C14H14N2O4. The maximum Gasteiger partial charge on any atom is 0.332 e. The summed E-state index contributed by atoms with van der Waals surface area (Å²) in [5, 5.41) is 20.3. The first-order valence-corrected chi connectivity index (χ1v) is 6.25. The minimum absolute atomic E-state index is 0.284. The summed E-state index contributed by atoms with van der Waals surface area (Å²) >= 11 is 0. The largest absolute Gasteiger partial charge is 0.479 e. The van der Waals surface area contributed by atoms with Gasteiger partial charge in [-0.1, -0.05) is 12.1 Å². The van der Waals surface area contributed by atoms with Gasteiger partial charge in [-0.3, -0.25) is 4.79 Å². The van der Waals surface area contributed by atoms with Crippen LogP contribution in [0.5, 0.6) is 0 Å². The zero-order valence-electron chi connectivity index (χ0n) is 10.7. The number of nitrogens with zero attached hydrogens (tertiary/aromatic N) is 1. The van der Waals surface area contributed by atoms with Crippen molar-refractivity contribution in [3.8, 4) is 6.07 Å².